The van der Waals surface area contributed by atoms with E-state index >= 15 is 0 Å². The van der Waals surface area contributed by atoms with Gasteiger partial charge in [0.05, 0.1) is 12.1 Å². The molecule has 2 unspecified atom stereocenters. The Morgan fingerprint density at radius 3 is 2.73 bits per heavy atom. The Morgan fingerprint density at radius 2 is 2.13 bits per heavy atom. The van der Waals surface area contributed by atoms with Gasteiger partial charge in [-0.25, -0.2) is 5.43 Å². The number of rotatable bonds is 2. The predicted octanol–water partition coefficient (Wildman–Crippen LogP) is 0.252. The first-order valence-electron chi connectivity index (χ1n) is 5.12. The van der Waals surface area contributed by atoms with E-state index in [2.05, 4.69) is 17.8 Å². The summed E-state index contributed by atoms with van der Waals surface area (Å²) >= 11 is 0. The van der Waals surface area contributed by atoms with Crippen molar-refractivity contribution in [2.45, 2.75) is 25.4 Å². The number of carbonyl (C=O) groups is 1. The van der Waals surface area contributed by atoms with Crippen LogP contribution in [-0.2, 0) is 11.2 Å². The summed E-state index contributed by atoms with van der Waals surface area (Å²) in [5.74, 6) is -0.329. The highest BCUT2D eigenvalue weighted by Gasteiger charge is 2.34. The van der Waals surface area contributed by atoms with Crippen molar-refractivity contribution in [2.24, 2.45) is 5.73 Å². The number of amides is 1. The molecule has 80 valence electrons. The lowest BCUT2D eigenvalue weighted by Gasteiger charge is -2.15. The number of aryl methyl sites for hydroxylation is 1. The zero-order chi connectivity index (χ0) is 10.8. The van der Waals surface area contributed by atoms with Crippen molar-refractivity contribution in [1.29, 1.82) is 0 Å². The zero-order valence-corrected chi connectivity index (χ0v) is 8.66. The van der Waals surface area contributed by atoms with Gasteiger partial charge in [0.2, 0.25) is 5.91 Å². The number of carbonyl (C=O) groups excluding carboxylic acids is 1. The lowest BCUT2D eigenvalue weighted by atomic mass is 9.91. The molecule has 1 aromatic rings. The summed E-state index contributed by atoms with van der Waals surface area (Å²) in [5.41, 5.74) is 13.3. The monoisotopic (exact) mass is 205 g/mol. The van der Waals surface area contributed by atoms with Crippen molar-refractivity contribution in [3.05, 3.63) is 35.4 Å². The molecule has 0 aliphatic carbocycles. The normalized spacial score (nSPS) is 25.3. The Bertz CT molecular complexity index is 378. The van der Waals surface area contributed by atoms with Crippen LogP contribution in [0.1, 0.15) is 24.0 Å². The highest BCUT2D eigenvalue weighted by atomic mass is 16.2. The van der Waals surface area contributed by atoms with E-state index in [1.54, 1.807) is 0 Å². The molecule has 0 bridgehead atoms. The fraction of sp³-hybridized carbons (Fsp3) is 0.364. The van der Waals surface area contributed by atoms with Crippen LogP contribution in [0, 0.1) is 0 Å². The average molecular weight is 205 g/mol. The van der Waals surface area contributed by atoms with E-state index in [4.69, 9.17) is 5.73 Å². The Morgan fingerprint density at radius 1 is 1.40 bits per heavy atom. The molecule has 4 nitrogen and oxygen atoms in total. The molecule has 1 heterocycles. The molecular formula is C11H15N3O. The maximum absolute atomic E-state index is 11.6. The molecule has 1 aliphatic heterocycles. The van der Waals surface area contributed by atoms with Crippen molar-refractivity contribution in [2.75, 3.05) is 0 Å². The van der Waals surface area contributed by atoms with Crippen molar-refractivity contribution >= 4 is 5.91 Å². The standard InChI is InChI=1S/C11H15N3O/c1-2-7-5-3-4-6-8(7)9-10(12)13-14-11(9)15/h3-6,9-10,13H,2,12H2,1H3,(H,14,15). The molecule has 1 aromatic carbocycles. The van der Waals surface area contributed by atoms with Gasteiger partial charge in [-0.15, -0.1) is 0 Å². The van der Waals surface area contributed by atoms with Crippen LogP contribution in [0.25, 0.3) is 0 Å². The van der Waals surface area contributed by atoms with E-state index in [1.807, 2.05) is 24.3 Å². The molecule has 0 radical (unpaired) electrons. The third-order valence-electron chi connectivity index (χ3n) is 2.77. The molecule has 0 saturated carbocycles. The molecule has 1 fully saturated rings. The largest absolute Gasteiger partial charge is 0.314 e. The summed E-state index contributed by atoms with van der Waals surface area (Å²) in [7, 11) is 0. The third kappa shape index (κ3) is 1.73. The molecule has 0 aromatic heterocycles. The van der Waals surface area contributed by atoms with Crippen LogP contribution in [0.3, 0.4) is 0 Å². The van der Waals surface area contributed by atoms with Gasteiger partial charge in [-0.2, -0.15) is 0 Å². The second kappa shape index (κ2) is 4.00. The van der Waals surface area contributed by atoms with E-state index in [1.165, 1.54) is 5.56 Å². The number of benzene rings is 1. The number of hydrogen-bond donors (Lipinski definition) is 3. The third-order valence-corrected chi connectivity index (χ3v) is 2.77. The topological polar surface area (TPSA) is 67.2 Å². The van der Waals surface area contributed by atoms with Crippen LogP contribution in [0.4, 0.5) is 0 Å². The summed E-state index contributed by atoms with van der Waals surface area (Å²) in [5, 5.41) is 0. The van der Waals surface area contributed by atoms with E-state index < -0.39 is 0 Å². The number of hydrazine groups is 1. The van der Waals surface area contributed by atoms with E-state index in [0.29, 0.717) is 0 Å². The van der Waals surface area contributed by atoms with Crippen LogP contribution in [0.15, 0.2) is 24.3 Å². The highest BCUT2D eigenvalue weighted by Crippen LogP contribution is 2.24. The summed E-state index contributed by atoms with van der Waals surface area (Å²) < 4.78 is 0. The van der Waals surface area contributed by atoms with Crippen LogP contribution in [0.5, 0.6) is 0 Å². The molecule has 4 heteroatoms. The van der Waals surface area contributed by atoms with Crippen molar-refractivity contribution in [1.82, 2.24) is 10.9 Å². The van der Waals surface area contributed by atoms with Crippen molar-refractivity contribution in [3.8, 4) is 0 Å². The van der Waals surface area contributed by atoms with Crippen molar-refractivity contribution in [3.63, 3.8) is 0 Å². The molecule has 15 heavy (non-hydrogen) atoms. The lowest BCUT2D eigenvalue weighted by molar-refractivity contribution is -0.120. The second-order valence-electron chi connectivity index (χ2n) is 3.69. The second-order valence-corrected chi connectivity index (χ2v) is 3.69. The van der Waals surface area contributed by atoms with Gasteiger partial charge in [0.15, 0.2) is 0 Å². The minimum absolute atomic E-state index is 0.0524. The van der Waals surface area contributed by atoms with Gasteiger partial charge in [0, 0.05) is 0 Å². The quantitative estimate of drug-likeness (QED) is 0.648. The maximum atomic E-state index is 11.6. The number of nitrogens with two attached hydrogens (primary N) is 1. The minimum Gasteiger partial charge on any atom is -0.314 e. The van der Waals surface area contributed by atoms with Gasteiger partial charge in [0.25, 0.3) is 0 Å². The molecule has 0 spiro atoms. The molecule has 4 N–H and O–H groups in total. The fourth-order valence-corrected chi connectivity index (χ4v) is 1.97. The zero-order valence-electron chi connectivity index (χ0n) is 8.66. The molecule has 2 atom stereocenters. The van der Waals surface area contributed by atoms with Gasteiger partial charge in [-0.05, 0) is 17.5 Å². The smallest absolute Gasteiger partial charge is 0.244 e. The first-order chi connectivity index (χ1) is 7.24. The first-order valence-corrected chi connectivity index (χ1v) is 5.12. The minimum atomic E-state index is -0.342. The Hall–Kier alpha value is -1.39. The Labute approximate surface area is 88.8 Å². The summed E-state index contributed by atoms with van der Waals surface area (Å²) in [6, 6.07) is 7.92. The van der Waals surface area contributed by atoms with Gasteiger partial charge >= 0.3 is 0 Å². The van der Waals surface area contributed by atoms with Crippen LogP contribution in [-0.4, -0.2) is 12.1 Å². The molecule has 2 rings (SSSR count). The summed E-state index contributed by atoms with van der Waals surface area (Å²) in [6.45, 7) is 2.07. The van der Waals surface area contributed by atoms with Crippen LogP contribution in [0.2, 0.25) is 0 Å². The molecule has 1 amide bonds. The van der Waals surface area contributed by atoms with Gasteiger partial charge in [-0.3, -0.25) is 10.2 Å². The maximum Gasteiger partial charge on any atom is 0.244 e. The van der Waals surface area contributed by atoms with E-state index in [9.17, 15) is 4.79 Å². The SMILES string of the molecule is CCc1ccccc1C1C(=O)NNC1N. The molecular weight excluding hydrogens is 190 g/mol. The Kier molecular flexibility index (Phi) is 2.70. The van der Waals surface area contributed by atoms with Crippen LogP contribution < -0.4 is 16.6 Å². The van der Waals surface area contributed by atoms with E-state index in [0.717, 1.165) is 12.0 Å². The summed E-state index contributed by atoms with van der Waals surface area (Å²) in [6.07, 6.45) is 0.567. The predicted molar refractivity (Wildman–Crippen MR) is 57.8 cm³/mol. The highest BCUT2D eigenvalue weighted by molar-refractivity contribution is 5.86. The molecule has 1 saturated heterocycles. The number of hydrogen-bond acceptors (Lipinski definition) is 3. The first kappa shape index (κ1) is 10.1. The number of nitrogens with one attached hydrogen (secondary N) is 2. The van der Waals surface area contributed by atoms with Crippen molar-refractivity contribution < 1.29 is 4.79 Å². The Balaban J connectivity index is 2.39. The van der Waals surface area contributed by atoms with Gasteiger partial charge in [0.1, 0.15) is 0 Å². The fourth-order valence-electron chi connectivity index (χ4n) is 1.97. The summed E-state index contributed by atoms with van der Waals surface area (Å²) in [4.78, 5) is 11.6. The van der Waals surface area contributed by atoms with E-state index in [-0.39, 0.29) is 18.0 Å². The van der Waals surface area contributed by atoms with Gasteiger partial charge in [-0.1, -0.05) is 31.2 Å². The van der Waals surface area contributed by atoms with Crippen LogP contribution >= 0.6 is 0 Å². The molecule has 1 aliphatic rings. The lowest BCUT2D eigenvalue weighted by Crippen LogP contribution is -2.38. The average Bonchev–Trinajstić information content (AvgIpc) is 2.59. The van der Waals surface area contributed by atoms with Gasteiger partial charge < -0.3 is 5.73 Å².